The molecule has 1 rings (SSSR count). The molecule has 0 radical (unpaired) electrons. The molecule has 1 fully saturated rings. The van der Waals surface area contributed by atoms with Gasteiger partial charge in [-0.3, -0.25) is 4.79 Å². The highest BCUT2D eigenvalue weighted by Gasteiger charge is 2.36. The summed E-state index contributed by atoms with van der Waals surface area (Å²) in [5.74, 6) is -4.15. The third-order valence-electron chi connectivity index (χ3n) is 2.86. The van der Waals surface area contributed by atoms with Gasteiger partial charge in [0.15, 0.2) is 0 Å². The first-order chi connectivity index (χ1) is 6.89. The lowest BCUT2D eigenvalue weighted by atomic mass is 9.92. The number of aliphatic carboxylic acids is 1. The lowest BCUT2D eigenvalue weighted by Gasteiger charge is -2.35. The lowest BCUT2D eigenvalue weighted by Crippen LogP contribution is -2.42. The van der Waals surface area contributed by atoms with Crippen molar-refractivity contribution in [3.8, 4) is 0 Å². The summed E-state index contributed by atoms with van der Waals surface area (Å²) in [5.41, 5.74) is 0. The third kappa shape index (κ3) is 4.11. The van der Waals surface area contributed by atoms with E-state index in [1.807, 2.05) is 4.90 Å². The Morgan fingerprint density at radius 3 is 2.80 bits per heavy atom. The van der Waals surface area contributed by atoms with Gasteiger partial charge in [0.25, 0.3) is 0 Å². The largest absolute Gasteiger partial charge is 0.481 e. The van der Waals surface area contributed by atoms with Crippen LogP contribution < -0.4 is 0 Å². The molecule has 0 bridgehead atoms. The van der Waals surface area contributed by atoms with E-state index in [2.05, 4.69) is 0 Å². The summed E-state index contributed by atoms with van der Waals surface area (Å²) in [4.78, 5) is 12.2. The van der Waals surface area contributed by atoms with E-state index in [1.165, 1.54) is 0 Å². The van der Waals surface area contributed by atoms with E-state index in [9.17, 15) is 13.6 Å². The average Bonchev–Trinajstić information content (AvgIpc) is 2.14. The molecule has 1 atom stereocenters. The highest BCUT2D eigenvalue weighted by molar-refractivity contribution is 5.66. The molecule has 88 valence electrons. The number of carbonyl (C=O) groups is 1. The Morgan fingerprint density at radius 2 is 2.27 bits per heavy atom. The molecule has 3 nitrogen and oxygen atoms in total. The Kier molecular flexibility index (Phi) is 4.02. The minimum absolute atomic E-state index is 0.0298. The molecule has 0 aliphatic carbocycles. The Morgan fingerprint density at radius 1 is 1.60 bits per heavy atom. The number of hydrogen-bond donors (Lipinski definition) is 1. The average molecular weight is 221 g/mol. The maximum atomic E-state index is 13.0. The minimum atomic E-state index is -2.65. The topological polar surface area (TPSA) is 40.5 Å². The van der Waals surface area contributed by atoms with E-state index >= 15 is 0 Å². The number of alkyl halides is 2. The number of hydrogen-bond acceptors (Lipinski definition) is 2. The van der Waals surface area contributed by atoms with Gasteiger partial charge in [0.2, 0.25) is 5.92 Å². The van der Waals surface area contributed by atoms with Gasteiger partial charge in [-0.15, -0.1) is 0 Å². The maximum Gasteiger partial charge on any atom is 0.304 e. The molecule has 0 aromatic heterocycles. The summed E-state index contributed by atoms with van der Waals surface area (Å²) in [6, 6.07) is 0. The predicted octanol–water partition coefficient (Wildman–Crippen LogP) is 1.83. The summed E-state index contributed by atoms with van der Waals surface area (Å²) in [6.07, 6.45) is 1.29. The fourth-order valence-electron chi connectivity index (χ4n) is 1.93. The van der Waals surface area contributed by atoms with Crippen molar-refractivity contribution < 1.29 is 18.7 Å². The van der Waals surface area contributed by atoms with Crippen molar-refractivity contribution in [1.29, 1.82) is 0 Å². The summed E-state index contributed by atoms with van der Waals surface area (Å²) >= 11 is 0. The fraction of sp³-hybridized carbons (Fsp3) is 0.900. The van der Waals surface area contributed by atoms with Crippen LogP contribution in [0.4, 0.5) is 8.78 Å². The van der Waals surface area contributed by atoms with Gasteiger partial charge in [-0.25, -0.2) is 8.78 Å². The van der Waals surface area contributed by atoms with Crippen LogP contribution in [0, 0.1) is 5.92 Å². The molecule has 1 aliphatic rings. The molecule has 1 unspecified atom stereocenters. The van der Waals surface area contributed by atoms with Crippen molar-refractivity contribution in [2.75, 3.05) is 19.6 Å². The molecule has 0 aromatic carbocycles. The quantitative estimate of drug-likeness (QED) is 0.787. The molecule has 0 spiro atoms. The van der Waals surface area contributed by atoms with E-state index in [0.717, 1.165) is 19.9 Å². The summed E-state index contributed by atoms with van der Waals surface area (Å²) in [5, 5.41) is 8.50. The Balaban J connectivity index is 2.39. The molecule has 1 N–H and O–H groups in total. The van der Waals surface area contributed by atoms with Crippen molar-refractivity contribution in [1.82, 2.24) is 4.90 Å². The van der Waals surface area contributed by atoms with E-state index in [4.69, 9.17) is 5.11 Å². The number of piperidine rings is 1. The molecule has 0 amide bonds. The van der Waals surface area contributed by atoms with Crippen LogP contribution in [-0.4, -0.2) is 41.5 Å². The van der Waals surface area contributed by atoms with E-state index in [-0.39, 0.29) is 6.42 Å². The van der Waals surface area contributed by atoms with Gasteiger partial charge in [0.05, 0.1) is 6.42 Å². The number of carboxylic acid groups (broad SMARTS) is 1. The van der Waals surface area contributed by atoms with Gasteiger partial charge in [0.1, 0.15) is 0 Å². The molecule has 0 saturated carbocycles. The first-order valence-electron chi connectivity index (χ1n) is 5.21. The monoisotopic (exact) mass is 221 g/mol. The second-order valence-corrected chi connectivity index (χ2v) is 4.24. The molecule has 1 aliphatic heterocycles. The van der Waals surface area contributed by atoms with E-state index in [0.29, 0.717) is 19.5 Å². The molecular formula is C10H17F2NO2. The first kappa shape index (κ1) is 12.4. The number of nitrogens with zero attached hydrogens (tertiary/aromatic N) is 1. The molecule has 15 heavy (non-hydrogen) atoms. The molecule has 5 heteroatoms. The lowest BCUT2D eigenvalue weighted by molar-refractivity contribution is -0.137. The Bertz CT molecular complexity index is 228. The van der Waals surface area contributed by atoms with Crippen molar-refractivity contribution in [2.24, 2.45) is 5.92 Å². The van der Waals surface area contributed by atoms with Crippen LogP contribution in [0.15, 0.2) is 0 Å². The molecule has 0 aromatic rings. The van der Waals surface area contributed by atoms with Gasteiger partial charge in [-0.05, 0) is 26.3 Å². The summed E-state index contributed by atoms with van der Waals surface area (Å²) < 4.78 is 26.1. The predicted molar refractivity (Wildman–Crippen MR) is 52.0 cm³/mol. The van der Waals surface area contributed by atoms with Crippen LogP contribution >= 0.6 is 0 Å². The van der Waals surface area contributed by atoms with Crippen molar-refractivity contribution in [3.63, 3.8) is 0 Å². The molecule has 1 saturated heterocycles. The van der Waals surface area contributed by atoms with E-state index < -0.39 is 17.8 Å². The van der Waals surface area contributed by atoms with Crippen molar-refractivity contribution in [2.45, 2.75) is 32.1 Å². The van der Waals surface area contributed by atoms with Crippen LogP contribution in [0.3, 0.4) is 0 Å². The zero-order valence-electron chi connectivity index (χ0n) is 8.88. The van der Waals surface area contributed by atoms with Gasteiger partial charge < -0.3 is 10.0 Å². The van der Waals surface area contributed by atoms with Crippen LogP contribution in [0.2, 0.25) is 0 Å². The van der Waals surface area contributed by atoms with Gasteiger partial charge in [-0.2, -0.15) is 0 Å². The zero-order valence-corrected chi connectivity index (χ0v) is 8.88. The van der Waals surface area contributed by atoms with Crippen LogP contribution in [0.1, 0.15) is 26.2 Å². The van der Waals surface area contributed by atoms with Gasteiger partial charge >= 0.3 is 5.97 Å². The standard InChI is InChI=1S/C10H17F2NO2/c1-10(11,12)8-3-2-5-13(7-8)6-4-9(14)15/h8H,2-7H2,1H3,(H,14,15). The van der Waals surface area contributed by atoms with Crippen LogP contribution in [0.5, 0.6) is 0 Å². The zero-order chi connectivity index (χ0) is 11.5. The second kappa shape index (κ2) is 4.88. The highest BCUT2D eigenvalue weighted by atomic mass is 19.3. The summed E-state index contributed by atoms with van der Waals surface area (Å²) in [6.45, 7) is 2.37. The first-order valence-corrected chi connectivity index (χ1v) is 5.21. The van der Waals surface area contributed by atoms with Gasteiger partial charge in [0, 0.05) is 19.0 Å². The normalized spacial score (nSPS) is 24.1. The number of rotatable bonds is 4. The SMILES string of the molecule is CC(F)(F)C1CCCN(CCC(=O)O)C1. The van der Waals surface area contributed by atoms with Gasteiger partial charge in [-0.1, -0.05) is 0 Å². The Hall–Kier alpha value is -0.710. The number of halogens is 2. The smallest absolute Gasteiger partial charge is 0.304 e. The molecular weight excluding hydrogens is 204 g/mol. The maximum absolute atomic E-state index is 13.0. The van der Waals surface area contributed by atoms with Crippen LogP contribution in [-0.2, 0) is 4.79 Å². The fourth-order valence-corrected chi connectivity index (χ4v) is 1.93. The highest BCUT2D eigenvalue weighted by Crippen LogP contribution is 2.31. The number of carboxylic acids is 1. The third-order valence-corrected chi connectivity index (χ3v) is 2.86. The van der Waals surface area contributed by atoms with Crippen LogP contribution in [0.25, 0.3) is 0 Å². The van der Waals surface area contributed by atoms with E-state index in [1.54, 1.807) is 0 Å². The molecule has 1 heterocycles. The summed E-state index contributed by atoms with van der Waals surface area (Å²) in [7, 11) is 0. The van der Waals surface area contributed by atoms with Crippen molar-refractivity contribution in [3.05, 3.63) is 0 Å². The Labute approximate surface area is 88.1 Å². The minimum Gasteiger partial charge on any atom is -0.481 e. The second-order valence-electron chi connectivity index (χ2n) is 4.24. The van der Waals surface area contributed by atoms with Crippen molar-refractivity contribution >= 4 is 5.97 Å². The number of likely N-dealkylation sites (tertiary alicyclic amines) is 1.